The minimum atomic E-state index is -0.244. The summed E-state index contributed by atoms with van der Waals surface area (Å²) in [7, 11) is 1.66. The Kier molecular flexibility index (Phi) is 5.18. The van der Waals surface area contributed by atoms with E-state index < -0.39 is 0 Å². The van der Waals surface area contributed by atoms with Crippen molar-refractivity contribution in [1.82, 2.24) is 0 Å². The molecule has 0 N–H and O–H groups in total. The Labute approximate surface area is 172 Å². The molecule has 0 spiro atoms. The van der Waals surface area contributed by atoms with Crippen LogP contribution in [0.3, 0.4) is 0 Å². The van der Waals surface area contributed by atoms with E-state index in [-0.39, 0.29) is 18.0 Å². The molecule has 4 rings (SSSR count). The average Bonchev–Trinajstić information content (AvgIpc) is 3.06. The molecule has 2 atom stereocenters. The van der Waals surface area contributed by atoms with Gasteiger partial charge in [0.25, 0.3) is 0 Å². The molecule has 3 aromatic carbocycles. The Morgan fingerprint density at radius 3 is 2.18 bits per heavy atom. The number of anilines is 1. The molecule has 1 aliphatic rings. The first kappa shape index (κ1) is 18.7. The zero-order chi connectivity index (χ0) is 19.7. The lowest BCUT2D eigenvalue weighted by Gasteiger charge is -2.30. The van der Waals surface area contributed by atoms with E-state index in [0.29, 0.717) is 0 Å². The molecule has 0 saturated carbocycles. The Morgan fingerprint density at radius 1 is 0.929 bits per heavy atom. The third-order valence-electron chi connectivity index (χ3n) is 5.02. The maximum Gasteiger partial charge on any atom is 0.148 e. The molecule has 0 aliphatic carbocycles. The van der Waals surface area contributed by atoms with E-state index in [1.54, 1.807) is 19.2 Å². The molecule has 5 heteroatoms. The number of hydrogen-bond acceptors (Lipinski definition) is 3. The number of rotatable bonds is 4. The van der Waals surface area contributed by atoms with Crippen molar-refractivity contribution in [2.75, 3.05) is 12.0 Å². The van der Waals surface area contributed by atoms with E-state index in [4.69, 9.17) is 9.73 Å². The van der Waals surface area contributed by atoms with Crippen LogP contribution in [0.1, 0.15) is 24.2 Å². The molecule has 0 fully saturated rings. The van der Waals surface area contributed by atoms with Gasteiger partial charge in [-0.3, -0.25) is 4.99 Å². The van der Waals surface area contributed by atoms with Crippen molar-refractivity contribution in [3.63, 3.8) is 0 Å². The Bertz CT molecular complexity index is 985. The summed E-state index contributed by atoms with van der Waals surface area (Å²) in [6.07, 6.45) is -0.165. The van der Waals surface area contributed by atoms with Crippen LogP contribution in [0.5, 0.6) is 5.75 Å². The molecule has 3 nitrogen and oxygen atoms in total. The van der Waals surface area contributed by atoms with Crippen molar-refractivity contribution in [2.45, 2.75) is 19.1 Å². The molecule has 0 radical (unpaired) electrons. The number of aliphatic imine (C=N–C) groups is 1. The number of ether oxygens (including phenoxy) is 1. The zero-order valence-electron chi connectivity index (χ0n) is 15.6. The summed E-state index contributed by atoms with van der Waals surface area (Å²) in [5.41, 5.74) is 4.04. The minimum Gasteiger partial charge on any atom is -0.497 e. The normalized spacial score (nSPS) is 18.9. The second-order valence-electron chi connectivity index (χ2n) is 6.73. The van der Waals surface area contributed by atoms with E-state index >= 15 is 0 Å². The van der Waals surface area contributed by atoms with Crippen molar-refractivity contribution >= 4 is 27.3 Å². The molecule has 2 unspecified atom stereocenters. The van der Waals surface area contributed by atoms with Gasteiger partial charge in [-0.25, -0.2) is 4.39 Å². The van der Waals surface area contributed by atoms with Crippen molar-refractivity contribution in [3.05, 3.63) is 94.2 Å². The lowest BCUT2D eigenvalue weighted by atomic mass is 10.0. The highest BCUT2D eigenvalue weighted by Gasteiger charge is 2.35. The van der Waals surface area contributed by atoms with Crippen molar-refractivity contribution in [1.29, 1.82) is 0 Å². The van der Waals surface area contributed by atoms with E-state index in [0.717, 1.165) is 32.7 Å². The molecule has 142 valence electrons. The third-order valence-corrected chi connectivity index (χ3v) is 5.55. The van der Waals surface area contributed by atoms with Crippen LogP contribution in [0, 0.1) is 5.82 Å². The van der Waals surface area contributed by atoms with Gasteiger partial charge in [0, 0.05) is 10.2 Å². The molecule has 0 amide bonds. The summed E-state index contributed by atoms with van der Waals surface area (Å²) < 4.78 is 19.7. The molecular formula is C23H20BrFN2O. The van der Waals surface area contributed by atoms with Gasteiger partial charge in [0.15, 0.2) is 0 Å². The van der Waals surface area contributed by atoms with Crippen molar-refractivity contribution in [3.8, 4) is 5.75 Å². The summed E-state index contributed by atoms with van der Waals surface area (Å²) in [6, 6.07) is 22.8. The second-order valence-corrected chi connectivity index (χ2v) is 7.64. The SMILES string of the molecule is COc1ccc(C2N=C(c3ccc(F)cc3)C(C)N2c2ccc(Br)cc2)cc1. The lowest BCUT2D eigenvalue weighted by Crippen LogP contribution is -2.35. The van der Waals surface area contributed by atoms with Crippen molar-refractivity contribution < 1.29 is 9.13 Å². The fraction of sp³-hybridized carbons (Fsp3) is 0.174. The summed E-state index contributed by atoms with van der Waals surface area (Å²) in [6.45, 7) is 2.13. The summed E-state index contributed by atoms with van der Waals surface area (Å²) in [5.74, 6) is 0.569. The van der Waals surface area contributed by atoms with E-state index in [2.05, 4.69) is 39.9 Å². The highest BCUT2D eigenvalue weighted by atomic mass is 79.9. The molecule has 1 heterocycles. The van der Waals surface area contributed by atoms with Crippen LogP contribution in [-0.4, -0.2) is 18.9 Å². The maximum absolute atomic E-state index is 13.4. The first-order valence-electron chi connectivity index (χ1n) is 9.08. The Hall–Kier alpha value is -2.66. The molecule has 0 saturated heterocycles. The summed E-state index contributed by atoms with van der Waals surface area (Å²) in [4.78, 5) is 7.33. The number of benzene rings is 3. The van der Waals surface area contributed by atoms with Gasteiger partial charge in [-0.05, 0) is 66.6 Å². The molecular weight excluding hydrogens is 419 g/mol. The van der Waals surface area contributed by atoms with Gasteiger partial charge < -0.3 is 9.64 Å². The van der Waals surface area contributed by atoms with Gasteiger partial charge in [0.05, 0.1) is 18.9 Å². The monoisotopic (exact) mass is 438 g/mol. The van der Waals surface area contributed by atoms with E-state index in [9.17, 15) is 4.39 Å². The zero-order valence-corrected chi connectivity index (χ0v) is 17.2. The third kappa shape index (κ3) is 3.54. The predicted molar refractivity (Wildman–Crippen MR) is 115 cm³/mol. The van der Waals surface area contributed by atoms with E-state index in [1.165, 1.54) is 12.1 Å². The maximum atomic E-state index is 13.4. The molecule has 28 heavy (non-hydrogen) atoms. The van der Waals surface area contributed by atoms with Gasteiger partial charge in [-0.2, -0.15) is 0 Å². The second kappa shape index (κ2) is 7.76. The topological polar surface area (TPSA) is 24.8 Å². The average molecular weight is 439 g/mol. The molecule has 3 aromatic rings. The quantitative estimate of drug-likeness (QED) is 0.499. The Morgan fingerprint density at radius 2 is 1.57 bits per heavy atom. The van der Waals surface area contributed by atoms with Crippen LogP contribution in [0.25, 0.3) is 0 Å². The standard InChI is InChI=1S/C23H20BrFN2O/c1-15-22(16-3-9-19(25)10-4-16)26-23(17-5-13-21(28-2)14-6-17)27(15)20-11-7-18(24)8-12-20/h3-15,23H,1-2H3. The number of nitrogens with zero attached hydrogens (tertiary/aromatic N) is 2. The van der Waals surface area contributed by atoms with Crippen LogP contribution < -0.4 is 9.64 Å². The molecule has 0 bridgehead atoms. The number of halogens is 2. The predicted octanol–water partition coefficient (Wildman–Crippen LogP) is 5.99. The largest absolute Gasteiger partial charge is 0.497 e. The van der Waals surface area contributed by atoms with E-state index in [1.807, 2.05) is 36.4 Å². The first-order valence-corrected chi connectivity index (χ1v) is 9.87. The summed E-state index contributed by atoms with van der Waals surface area (Å²) in [5, 5.41) is 0. The summed E-state index contributed by atoms with van der Waals surface area (Å²) >= 11 is 3.50. The van der Waals surface area contributed by atoms with Gasteiger partial charge in [0.2, 0.25) is 0 Å². The van der Waals surface area contributed by atoms with Gasteiger partial charge in [-0.1, -0.05) is 40.2 Å². The van der Waals surface area contributed by atoms with Crippen LogP contribution >= 0.6 is 15.9 Å². The highest BCUT2D eigenvalue weighted by molar-refractivity contribution is 9.10. The smallest absolute Gasteiger partial charge is 0.148 e. The number of methoxy groups -OCH3 is 1. The van der Waals surface area contributed by atoms with Crippen LogP contribution in [0.2, 0.25) is 0 Å². The highest BCUT2D eigenvalue weighted by Crippen LogP contribution is 2.38. The van der Waals surface area contributed by atoms with Gasteiger partial charge in [-0.15, -0.1) is 0 Å². The number of hydrogen-bond donors (Lipinski definition) is 0. The van der Waals surface area contributed by atoms with Gasteiger partial charge in [0.1, 0.15) is 17.7 Å². The lowest BCUT2D eigenvalue weighted by molar-refractivity contribution is 0.414. The van der Waals surface area contributed by atoms with Crippen LogP contribution in [-0.2, 0) is 0 Å². The van der Waals surface area contributed by atoms with Crippen LogP contribution in [0.15, 0.2) is 82.3 Å². The fourth-order valence-corrected chi connectivity index (χ4v) is 3.84. The van der Waals surface area contributed by atoms with Crippen LogP contribution in [0.4, 0.5) is 10.1 Å². The molecule has 1 aliphatic heterocycles. The fourth-order valence-electron chi connectivity index (χ4n) is 3.57. The van der Waals surface area contributed by atoms with Gasteiger partial charge >= 0.3 is 0 Å². The first-order chi connectivity index (χ1) is 13.6. The van der Waals surface area contributed by atoms with Crippen molar-refractivity contribution in [2.24, 2.45) is 4.99 Å². The Balaban J connectivity index is 1.78. The molecule has 0 aromatic heterocycles. The minimum absolute atomic E-state index is 0.0405.